The van der Waals surface area contributed by atoms with Crippen molar-refractivity contribution in [3.05, 3.63) is 22.4 Å². The van der Waals surface area contributed by atoms with Crippen molar-refractivity contribution < 1.29 is 9.13 Å². The molecule has 1 heterocycles. The van der Waals surface area contributed by atoms with Gasteiger partial charge in [0, 0.05) is 10.7 Å². The summed E-state index contributed by atoms with van der Waals surface area (Å²) in [6, 6.07) is 1.78. The Labute approximate surface area is 78.9 Å². The number of hydrogen-bond donors (Lipinski definition) is 0. The average molecular weight is 234 g/mol. The van der Waals surface area contributed by atoms with Crippen LogP contribution in [0.25, 0.3) is 0 Å². The highest BCUT2D eigenvalue weighted by Crippen LogP contribution is 2.20. The number of pyridine rings is 1. The van der Waals surface area contributed by atoms with Gasteiger partial charge >= 0.3 is 0 Å². The highest BCUT2D eigenvalue weighted by atomic mass is 79.9. The SMILES string of the molecule is Cc1ncc(Br)cc1OCCF. The molecule has 0 bridgehead atoms. The van der Waals surface area contributed by atoms with Crippen molar-refractivity contribution in [3.63, 3.8) is 0 Å². The van der Waals surface area contributed by atoms with Crippen molar-refractivity contribution in [1.82, 2.24) is 4.98 Å². The van der Waals surface area contributed by atoms with Crippen molar-refractivity contribution in [2.45, 2.75) is 6.92 Å². The van der Waals surface area contributed by atoms with E-state index in [4.69, 9.17) is 4.74 Å². The van der Waals surface area contributed by atoms with Crippen LogP contribution in [-0.4, -0.2) is 18.3 Å². The molecule has 0 aliphatic rings. The largest absolute Gasteiger partial charge is 0.489 e. The molecule has 1 aromatic heterocycles. The maximum absolute atomic E-state index is 11.8. The number of alkyl halides is 1. The first-order valence-electron chi connectivity index (χ1n) is 3.55. The molecule has 0 saturated carbocycles. The van der Waals surface area contributed by atoms with Crippen molar-refractivity contribution in [2.24, 2.45) is 0 Å². The van der Waals surface area contributed by atoms with E-state index in [0.717, 1.165) is 10.2 Å². The molecule has 0 amide bonds. The molecule has 0 radical (unpaired) electrons. The van der Waals surface area contributed by atoms with Gasteiger partial charge < -0.3 is 4.74 Å². The van der Waals surface area contributed by atoms with E-state index in [1.54, 1.807) is 12.3 Å². The molecule has 0 N–H and O–H groups in total. The van der Waals surface area contributed by atoms with Gasteiger partial charge in [-0.1, -0.05) is 0 Å². The van der Waals surface area contributed by atoms with Gasteiger partial charge in [0.2, 0.25) is 0 Å². The van der Waals surface area contributed by atoms with Crippen LogP contribution in [0.2, 0.25) is 0 Å². The first-order chi connectivity index (χ1) is 5.74. The Kier molecular flexibility index (Phi) is 3.47. The van der Waals surface area contributed by atoms with Crippen LogP contribution in [-0.2, 0) is 0 Å². The lowest BCUT2D eigenvalue weighted by atomic mass is 10.3. The van der Waals surface area contributed by atoms with Crippen molar-refractivity contribution in [2.75, 3.05) is 13.3 Å². The number of rotatable bonds is 3. The summed E-state index contributed by atoms with van der Waals surface area (Å²) in [5.74, 6) is 0.627. The van der Waals surface area contributed by atoms with Gasteiger partial charge in [0.15, 0.2) is 0 Å². The van der Waals surface area contributed by atoms with Gasteiger partial charge in [0.25, 0.3) is 0 Å². The molecule has 0 spiro atoms. The van der Waals surface area contributed by atoms with Crippen LogP contribution in [0.5, 0.6) is 5.75 Å². The van der Waals surface area contributed by atoms with Crippen LogP contribution < -0.4 is 4.74 Å². The molecular weight excluding hydrogens is 225 g/mol. The maximum atomic E-state index is 11.8. The van der Waals surface area contributed by atoms with Gasteiger partial charge in [-0.15, -0.1) is 0 Å². The van der Waals surface area contributed by atoms with E-state index in [1.807, 2.05) is 6.92 Å². The molecule has 66 valence electrons. The molecule has 0 aliphatic heterocycles. The zero-order valence-corrected chi connectivity index (χ0v) is 8.27. The normalized spacial score (nSPS) is 9.92. The highest BCUT2D eigenvalue weighted by molar-refractivity contribution is 9.10. The standard InChI is InChI=1S/C8H9BrFNO/c1-6-8(12-3-2-10)4-7(9)5-11-6/h4-5H,2-3H2,1H3. The second kappa shape index (κ2) is 4.40. The molecule has 1 rings (SSSR count). The summed E-state index contributed by atoms with van der Waals surface area (Å²) in [6.07, 6.45) is 1.68. The molecular formula is C8H9BrFNO. The molecule has 0 aliphatic carbocycles. The number of nitrogens with zero attached hydrogens (tertiary/aromatic N) is 1. The smallest absolute Gasteiger partial charge is 0.141 e. The summed E-state index contributed by atoms with van der Waals surface area (Å²) in [5.41, 5.74) is 0.770. The van der Waals surface area contributed by atoms with Crippen molar-refractivity contribution >= 4 is 15.9 Å². The van der Waals surface area contributed by atoms with E-state index in [9.17, 15) is 4.39 Å². The molecule has 2 nitrogen and oxygen atoms in total. The van der Waals surface area contributed by atoms with E-state index >= 15 is 0 Å². The fourth-order valence-corrected chi connectivity index (χ4v) is 1.09. The molecule has 12 heavy (non-hydrogen) atoms. The predicted molar refractivity (Wildman–Crippen MR) is 48.1 cm³/mol. The third-order valence-corrected chi connectivity index (χ3v) is 1.78. The van der Waals surface area contributed by atoms with Crippen LogP contribution in [0, 0.1) is 6.92 Å². The number of hydrogen-bond acceptors (Lipinski definition) is 2. The second-order valence-electron chi connectivity index (χ2n) is 2.27. The van der Waals surface area contributed by atoms with Gasteiger partial charge in [-0.3, -0.25) is 4.98 Å². The van der Waals surface area contributed by atoms with Crippen LogP contribution in [0.3, 0.4) is 0 Å². The van der Waals surface area contributed by atoms with Crippen LogP contribution in [0.1, 0.15) is 5.69 Å². The highest BCUT2D eigenvalue weighted by Gasteiger charge is 2.00. The van der Waals surface area contributed by atoms with E-state index in [1.165, 1.54) is 0 Å². The molecule has 0 unspecified atom stereocenters. The van der Waals surface area contributed by atoms with Crippen molar-refractivity contribution in [3.8, 4) is 5.75 Å². The lowest BCUT2D eigenvalue weighted by Crippen LogP contribution is -2.00. The summed E-state index contributed by atoms with van der Waals surface area (Å²) >= 11 is 3.25. The molecule has 4 heteroatoms. The molecule has 1 aromatic rings. The Morgan fingerprint density at radius 1 is 1.67 bits per heavy atom. The summed E-state index contributed by atoms with van der Waals surface area (Å²) in [4.78, 5) is 4.04. The number of aromatic nitrogens is 1. The van der Waals surface area contributed by atoms with Crippen LogP contribution in [0.4, 0.5) is 4.39 Å². The van der Waals surface area contributed by atoms with Crippen LogP contribution >= 0.6 is 15.9 Å². The quantitative estimate of drug-likeness (QED) is 0.801. The fourth-order valence-electron chi connectivity index (χ4n) is 0.784. The number of halogens is 2. The van der Waals surface area contributed by atoms with E-state index < -0.39 is 6.67 Å². The zero-order valence-electron chi connectivity index (χ0n) is 6.68. The Balaban J connectivity index is 2.75. The average Bonchev–Trinajstić information content (AvgIpc) is 2.07. The van der Waals surface area contributed by atoms with Crippen molar-refractivity contribution in [1.29, 1.82) is 0 Å². The topological polar surface area (TPSA) is 22.1 Å². The first-order valence-corrected chi connectivity index (χ1v) is 4.34. The fraction of sp³-hybridized carbons (Fsp3) is 0.375. The lowest BCUT2D eigenvalue weighted by molar-refractivity contribution is 0.270. The van der Waals surface area contributed by atoms with E-state index in [-0.39, 0.29) is 6.61 Å². The van der Waals surface area contributed by atoms with Gasteiger partial charge in [0.05, 0.1) is 5.69 Å². The van der Waals surface area contributed by atoms with E-state index in [0.29, 0.717) is 5.75 Å². The van der Waals surface area contributed by atoms with Crippen LogP contribution in [0.15, 0.2) is 16.7 Å². The Hall–Kier alpha value is -0.640. The zero-order chi connectivity index (χ0) is 8.97. The maximum Gasteiger partial charge on any atom is 0.141 e. The monoisotopic (exact) mass is 233 g/mol. The number of ether oxygens (including phenoxy) is 1. The summed E-state index contributed by atoms with van der Waals surface area (Å²) < 4.78 is 17.7. The third-order valence-electron chi connectivity index (χ3n) is 1.34. The molecule has 0 atom stereocenters. The van der Waals surface area contributed by atoms with Gasteiger partial charge in [-0.05, 0) is 28.9 Å². The minimum absolute atomic E-state index is 0.0823. The molecule has 0 saturated heterocycles. The third kappa shape index (κ3) is 2.44. The summed E-state index contributed by atoms with van der Waals surface area (Å²) in [5, 5.41) is 0. The minimum Gasteiger partial charge on any atom is -0.489 e. The summed E-state index contributed by atoms with van der Waals surface area (Å²) in [7, 11) is 0. The van der Waals surface area contributed by atoms with E-state index in [2.05, 4.69) is 20.9 Å². The summed E-state index contributed by atoms with van der Waals surface area (Å²) in [6.45, 7) is 1.42. The van der Waals surface area contributed by atoms with Gasteiger partial charge in [0.1, 0.15) is 19.0 Å². The Bertz CT molecular complexity index is 267. The Morgan fingerprint density at radius 3 is 3.08 bits per heavy atom. The first kappa shape index (κ1) is 9.45. The molecule has 0 aromatic carbocycles. The van der Waals surface area contributed by atoms with Gasteiger partial charge in [-0.25, -0.2) is 4.39 Å². The Morgan fingerprint density at radius 2 is 2.42 bits per heavy atom. The minimum atomic E-state index is -0.480. The van der Waals surface area contributed by atoms with Gasteiger partial charge in [-0.2, -0.15) is 0 Å². The second-order valence-corrected chi connectivity index (χ2v) is 3.19. The number of aryl methyl sites for hydroxylation is 1. The lowest BCUT2D eigenvalue weighted by Gasteiger charge is -2.05. The molecule has 0 fully saturated rings. The predicted octanol–water partition coefficient (Wildman–Crippen LogP) is 2.50.